The molecule has 0 radical (unpaired) electrons. The Morgan fingerprint density at radius 2 is 1.92 bits per heavy atom. The summed E-state index contributed by atoms with van der Waals surface area (Å²) < 4.78 is 46.4. The summed E-state index contributed by atoms with van der Waals surface area (Å²) in [5.74, 6) is 0.298. The summed E-state index contributed by atoms with van der Waals surface area (Å²) in [5, 5.41) is 2.71. The first-order chi connectivity index (χ1) is 12.2. The monoisotopic (exact) mass is 368 g/mol. The normalized spacial score (nSPS) is 12.3. The first-order valence-corrected chi connectivity index (χ1v) is 7.88. The molecule has 1 aromatic heterocycles. The van der Waals surface area contributed by atoms with E-state index in [9.17, 15) is 18.0 Å². The van der Waals surface area contributed by atoms with Crippen LogP contribution in [0.5, 0.6) is 11.5 Å². The van der Waals surface area contributed by atoms with Crippen molar-refractivity contribution in [1.29, 1.82) is 0 Å². The number of carbonyl (C=O) groups excluding carboxylic acids is 1. The van der Waals surface area contributed by atoms with E-state index >= 15 is 0 Å². The number of alkyl halides is 3. The first-order valence-electron chi connectivity index (χ1n) is 7.88. The lowest BCUT2D eigenvalue weighted by Crippen LogP contribution is -2.31. The molecule has 8 heteroatoms. The number of carbonyl (C=O) groups is 1. The molecule has 2 aromatic rings. The van der Waals surface area contributed by atoms with E-state index in [0.717, 1.165) is 5.56 Å². The summed E-state index contributed by atoms with van der Waals surface area (Å²) in [6.07, 6.45) is -3.22. The van der Waals surface area contributed by atoms with Crippen molar-refractivity contribution in [3.05, 3.63) is 53.9 Å². The zero-order valence-electron chi connectivity index (χ0n) is 14.3. The van der Waals surface area contributed by atoms with E-state index in [1.165, 1.54) is 18.3 Å². The van der Waals surface area contributed by atoms with Crippen LogP contribution in [0.15, 0.2) is 42.6 Å². The second-order valence-corrected chi connectivity index (χ2v) is 5.67. The second kappa shape index (κ2) is 8.55. The molecule has 1 heterocycles. The summed E-state index contributed by atoms with van der Waals surface area (Å²) in [6.45, 7) is 2.06. The molecule has 5 nitrogen and oxygen atoms in total. The van der Waals surface area contributed by atoms with E-state index in [1.807, 2.05) is 25.1 Å². The van der Waals surface area contributed by atoms with Crippen LogP contribution < -0.4 is 14.8 Å². The van der Waals surface area contributed by atoms with Crippen molar-refractivity contribution in [2.45, 2.75) is 26.1 Å². The second-order valence-electron chi connectivity index (χ2n) is 5.67. The van der Waals surface area contributed by atoms with Gasteiger partial charge in [0.05, 0.1) is 17.9 Å². The lowest BCUT2D eigenvalue weighted by Gasteiger charge is -2.15. The maximum atomic E-state index is 12.1. The number of nitrogens with one attached hydrogen (secondary N) is 1. The number of aryl methyl sites for hydroxylation is 1. The molecule has 0 aliphatic rings. The number of hydrogen-bond donors (Lipinski definition) is 1. The number of benzene rings is 1. The van der Waals surface area contributed by atoms with E-state index in [4.69, 9.17) is 4.74 Å². The summed E-state index contributed by atoms with van der Waals surface area (Å²) >= 11 is 0. The van der Waals surface area contributed by atoms with E-state index in [0.29, 0.717) is 11.4 Å². The van der Waals surface area contributed by atoms with Gasteiger partial charge in [0.25, 0.3) is 5.91 Å². The highest BCUT2D eigenvalue weighted by Gasteiger charge is 2.28. The van der Waals surface area contributed by atoms with Crippen LogP contribution in [-0.4, -0.2) is 30.3 Å². The highest BCUT2D eigenvalue weighted by molar-refractivity contribution is 5.78. The number of para-hydroxylation sites is 1. The molecule has 1 unspecified atom stereocenters. The summed E-state index contributed by atoms with van der Waals surface area (Å²) in [6, 6.07) is 9.78. The molecule has 2 rings (SSSR count). The number of aromatic nitrogens is 1. The smallest absolute Gasteiger partial charge is 0.422 e. The van der Waals surface area contributed by atoms with Gasteiger partial charge in [0.1, 0.15) is 11.5 Å². The third-order valence-electron chi connectivity index (χ3n) is 3.44. The van der Waals surface area contributed by atoms with Gasteiger partial charge in [-0.2, -0.15) is 13.2 Å². The fourth-order valence-electron chi connectivity index (χ4n) is 2.12. The molecular formula is C18H19F3N2O3. The molecule has 0 bridgehead atoms. The number of nitrogens with zero attached hydrogens (tertiary/aromatic N) is 1. The quantitative estimate of drug-likeness (QED) is 0.811. The van der Waals surface area contributed by atoms with Gasteiger partial charge >= 0.3 is 6.18 Å². The van der Waals surface area contributed by atoms with Crippen LogP contribution in [0.1, 0.15) is 24.2 Å². The van der Waals surface area contributed by atoms with E-state index in [1.54, 1.807) is 13.0 Å². The van der Waals surface area contributed by atoms with Crippen LogP contribution in [-0.2, 0) is 4.79 Å². The largest absolute Gasteiger partial charge is 0.484 e. The number of halogens is 3. The minimum absolute atomic E-state index is 0.00693. The summed E-state index contributed by atoms with van der Waals surface area (Å²) in [4.78, 5) is 16.0. The molecule has 26 heavy (non-hydrogen) atoms. The Kier molecular flexibility index (Phi) is 6.43. The van der Waals surface area contributed by atoms with E-state index in [-0.39, 0.29) is 18.3 Å². The molecule has 0 spiro atoms. The van der Waals surface area contributed by atoms with Gasteiger partial charge in [0, 0.05) is 0 Å². The zero-order chi connectivity index (χ0) is 19.2. The van der Waals surface area contributed by atoms with E-state index in [2.05, 4.69) is 15.0 Å². The van der Waals surface area contributed by atoms with Gasteiger partial charge in [-0.3, -0.25) is 9.78 Å². The van der Waals surface area contributed by atoms with Crippen molar-refractivity contribution in [1.82, 2.24) is 10.3 Å². The van der Waals surface area contributed by atoms with Crippen LogP contribution in [0.2, 0.25) is 0 Å². The Morgan fingerprint density at radius 3 is 2.54 bits per heavy atom. The molecule has 0 saturated carbocycles. The third-order valence-corrected chi connectivity index (χ3v) is 3.44. The topological polar surface area (TPSA) is 60.5 Å². The maximum absolute atomic E-state index is 12.1. The lowest BCUT2D eigenvalue weighted by molar-refractivity contribution is -0.153. The molecule has 1 amide bonds. The van der Waals surface area contributed by atoms with Gasteiger partial charge in [-0.1, -0.05) is 18.2 Å². The first kappa shape index (κ1) is 19.6. The van der Waals surface area contributed by atoms with Gasteiger partial charge in [-0.05, 0) is 37.6 Å². The number of rotatable bonds is 7. The SMILES string of the molecule is Cc1ccccc1OCC(=O)NC(C)c1ccc(OCC(F)(F)F)cn1. The predicted molar refractivity (Wildman–Crippen MR) is 89.0 cm³/mol. The number of hydrogen-bond acceptors (Lipinski definition) is 4. The Hall–Kier alpha value is -2.77. The average molecular weight is 368 g/mol. The Balaban J connectivity index is 1.83. The van der Waals surface area contributed by atoms with Crippen LogP contribution >= 0.6 is 0 Å². The number of ether oxygens (including phenoxy) is 2. The van der Waals surface area contributed by atoms with Gasteiger partial charge in [-0.25, -0.2) is 0 Å². The number of pyridine rings is 1. The Morgan fingerprint density at radius 1 is 1.19 bits per heavy atom. The molecule has 0 aliphatic carbocycles. The van der Waals surface area contributed by atoms with Crippen molar-refractivity contribution in [3.63, 3.8) is 0 Å². The van der Waals surface area contributed by atoms with Crippen molar-refractivity contribution >= 4 is 5.91 Å². The Bertz CT molecular complexity index is 733. The van der Waals surface area contributed by atoms with Crippen LogP contribution in [0.3, 0.4) is 0 Å². The minimum Gasteiger partial charge on any atom is -0.484 e. The van der Waals surface area contributed by atoms with Crippen molar-refractivity contribution in [2.24, 2.45) is 0 Å². The van der Waals surface area contributed by atoms with Gasteiger partial charge in [-0.15, -0.1) is 0 Å². The van der Waals surface area contributed by atoms with Gasteiger partial charge in [0.2, 0.25) is 0 Å². The standard InChI is InChI=1S/C18H19F3N2O3/c1-12-5-3-4-6-16(12)25-10-17(24)23-13(2)15-8-7-14(9-22-15)26-11-18(19,20)21/h3-9,13H,10-11H2,1-2H3,(H,23,24). The molecular weight excluding hydrogens is 349 g/mol. The minimum atomic E-state index is -4.41. The Labute approximate surface area is 149 Å². The molecule has 140 valence electrons. The molecule has 0 fully saturated rings. The maximum Gasteiger partial charge on any atom is 0.422 e. The third kappa shape index (κ3) is 6.27. The van der Waals surface area contributed by atoms with Gasteiger partial charge < -0.3 is 14.8 Å². The van der Waals surface area contributed by atoms with Crippen LogP contribution in [0, 0.1) is 6.92 Å². The molecule has 0 aliphatic heterocycles. The van der Waals surface area contributed by atoms with Crippen molar-refractivity contribution < 1.29 is 27.4 Å². The fourth-order valence-corrected chi connectivity index (χ4v) is 2.12. The van der Waals surface area contributed by atoms with E-state index < -0.39 is 18.8 Å². The zero-order valence-corrected chi connectivity index (χ0v) is 14.3. The molecule has 1 atom stereocenters. The average Bonchev–Trinajstić information content (AvgIpc) is 2.59. The predicted octanol–water partition coefficient (Wildman–Crippen LogP) is 3.59. The summed E-state index contributed by atoms with van der Waals surface area (Å²) in [5.41, 5.74) is 1.41. The highest BCUT2D eigenvalue weighted by atomic mass is 19.4. The summed E-state index contributed by atoms with van der Waals surface area (Å²) in [7, 11) is 0. The van der Waals surface area contributed by atoms with Crippen molar-refractivity contribution in [3.8, 4) is 11.5 Å². The molecule has 0 saturated heterocycles. The molecule has 1 aromatic carbocycles. The number of amides is 1. The highest BCUT2D eigenvalue weighted by Crippen LogP contribution is 2.19. The van der Waals surface area contributed by atoms with Crippen molar-refractivity contribution in [2.75, 3.05) is 13.2 Å². The molecule has 1 N–H and O–H groups in total. The van der Waals surface area contributed by atoms with Crippen LogP contribution in [0.25, 0.3) is 0 Å². The van der Waals surface area contributed by atoms with Crippen LogP contribution in [0.4, 0.5) is 13.2 Å². The fraction of sp³-hybridized carbons (Fsp3) is 0.333. The lowest BCUT2D eigenvalue weighted by atomic mass is 10.2. The van der Waals surface area contributed by atoms with Gasteiger partial charge in [0.15, 0.2) is 13.2 Å².